The summed E-state index contributed by atoms with van der Waals surface area (Å²) in [5.74, 6) is -0.230. The molecule has 0 unspecified atom stereocenters. The number of aryl methyl sites for hydroxylation is 1. The first kappa shape index (κ1) is 15.6. The zero-order valence-corrected chi connectivity index (χ0v) is 13.1. The summed E-state index contributed by atoms with van der Waals surface area (Å²) in [6.07, 6.45) is 0. The number of benzene rings is 2. The normalized spacial score (nSPS) is 10.9. The van der Waals surface area contributed by atoms with E-state index in [0.29, 0.717) is 17.7 Å². The molecule has 0 aliphatic carbocycles. The van der Waals surface area contributed by atoms with Crippen LogP contribution in [0.15, 0.2) is 42.5 Å². The van der Waals surface area contributed by atoms with Crippen LogP contribution >= 0.6 is 12.2 Å². The van der Waals surface area contributed by atoms with E-state index in [-0.39, 0.29) is 10.8 Å². The Hall–Kier alpha value is -1.78. The van der Waals surface area contributed by atoms with Crippen molar-refractivity contribution in [1.82, 2.24) is 4.90 Å². The van der Waals surface area contributed by atoms with Crippen LogP contribution in [0.25, 0.3) is 0 Å². The molecule has 0 aliphatic rings. The minimum atomic E-state index is -0.230. The van der Waals surface area contributed by atoms with Crippen molar-refractivity contribution in [3.8, 4) is 0 Å². The maximum Gasteiger partial charge on any atom is 0.127 e. The molecule has 2 aromatic carbocycles. The van der Waals surface area contributed by atoms with Crippen molar-refractivity contribution >= 4 is 17.2 Å². The second-order valence-corrected chi connectivity index (χ2v) is 5.71. The third-order valence-electron chi connectivity index (χ3n) is 3.47. The Balaban J connectivity index is 2.12. The minimum absolute atomic E-state index is 0.230. The highest BCUT2D eigenvalue weighted by Gasteiger charge is 2.09. The molecule has 2 N–H and O–H groups in total. The highest BCUT2D eigenvalue weighted by molar-refractivity contribution is 7.80. The van der Waals surface area contributed by atoms with Gasteiger partial charge in [0, 0.05) is 24.2 Å². The van der Waals surface area contributed by atoms with Gasteiger partial charge in [-0.2, -0.15) is 0 Å². The number of nitrogens with zero attached hydrogens (tertiary/aromatic N) is 1. The fraction of sp³-hybridized carbons (Fsp3) is 0.235. The van der Waals surface area contributed by atoms with E-state index >= 15 is 0 Å². The largest absolute Gasteiger partial charge is 0.389 e. The molecule has 2 aromatic rings. The monoisotopic (exact) mass is 302 g/mol. The zero-order chi connectivity index (χ0) is 15.4. The number of thiocarbonyl (C=S) groups is 1. The van der Waals surface area contributed by atoms with Crippen LogP contribution in [-0.2, 0) is 13.1 Å². The van der Waals surface area contributed by atoms with E-state index in [0.717, 1.165) is 6.54 Å². The summed E-state index contributed by atoms with van der Waals surface area (Å²) in [6.45, 7) is 3.36. The van der Waals surface area contributed by atoms with Crippen molar-refractivity contribution in [2.45, 2.75) is 20.0 Å². The van der Waals surface area contributed by atoms with Gasteiger partial charge in [-0.15, -0.1) is 0 Å². The first-order chi connectivity index (χ1) is 9.97. The molecular weight excluding hydrogens is 283 g/mol. The van der Waals surface area contributed by atoms with Gasteiger partial charge in [0.15, 0.2) is 0 Å². The zero-order valence-electron chi connectivity index (χ0n) is 12.3. The standard InChI is InChI=1S/C17H19FN2S/c1-12-5-3-4-6-14(12)10-20(2)11-15-9-13(17(19)21)7-8-16(15)18/h3-9H,10-11H2,1-2H3,(H2,19,21). The predicted octanol–water partition coefficient (Wildman–Crippen LogP) is 3.40. The summed E-state index contributed by atoms with van der Waals surface area (Å²) in [7, 11) is 1.97. The van der Waals surface area contributed by atoms with Gasteiger partial charge >= 0.3 is 0 Å². The van der Waals surface area contributed by atoms with Gasteiger partial charge in [0.25, 0.3) is 0 Å². The van der Waals surface area contributed by atoms with Crippen LogP contribution in [0, 0.1) is 12.7 Å². The maximum absolute atomic E-state index is 13.9. The highest BCUT2D eigenvalue weighted by atomic mass is 32.1. The minimum Gasteiger partial charge on any atom is -0.389 e. The van der Waals surface area contributed by atoms with E-state index in [1.807, 2.05) is 19.2 Å². The van der Waals surface area contributed by atoms with Gasteiger partial charge in [0.05, 0.1) is 0 Å². The van der Waals surface area contributed by atoms with E-state index in [1.165, 1.54) is 17.2 Å². The molecule has 0 aliphatic heterocycles. The smallest absolute Gasteiger partial charge is 0.127 e. The molecule has 0 amide bonds. The number of nitrogens with two attached hydrogens (primary N) is 1. The average molecular weight is 302 g/mol. The number of rotatable bonds is 5. The molecule has 0 saturated carbocycles. The molecular formula is C17H19FN2S. The van der Waals surface area contributed by atoms with Gasteiger partial charge in [0.1, 0.15) is 10.8 Å². The Morgan fingerprint density at radius 2 is 1.81 bits per heavy atom. The lowest BCUT2D eigenvalue weighted by Gasteiger charge is -2.19. The summed E-state index contributed by atoms with van der Waals surface area (Å²) in [6, 6.07) is 13.0. The van der Waals surface area contributed by atoms with Gasteiger partial charge < -0.3 is 5.73 Å². The molecule has 2 nitrogen and oxygen atoms in total. The molecule has 0 radical (unpaired) electrons. The highest BCUT2D eigenvalue weighted by Crippen LogP contribution is 2.15. The van der Waals surface area contributed by atoms with Gasteiger partial charge in [-0.05, 0) is 43.3 Å². The average Bonchev–Trinajstić information content (AvgIpc) is 2.43. The van der Waals surface area contributed by atoms with Gasteiger partial charge in [-0.3, -0.25) is 4.90 Å². The van der Waals surface area contributed by atoms with Crippen LogP contribution in [0.5, 0.6) is 0 Å². The van der Waals surface area contributed by atoms with E-state index < -0.39 is 0 Å². The van der Waals surface area contributed by atoms with E-state index in [9.17, 15) is 4.39 Å². The first-order valence-electron chi connectivity index (χ1n) is 6.78. The van der Waals surface area contributed by atoms with Crippen molar-refractivity contribution in [3.05, 3.63) is 70.5 Å². The van der Waals surface area contributed by atoms with Crippen molar-refractivity contribution < 1.29 is 4.39 Å². The Morgan fingerprint density at radius 3 is 2.48 bits per heavy atom. The fourth-order valence-electron chi connectivity index (χ4n) is 2.27. The molecule has 0 spiro atoms. The lowest BCUT2D eigenvalue weighted by molar-refractivity contribution is 0.313. The van der Waals surface area contributed by atoms with Crippen molar-refractivity contribution in [1.29, 1.82) is 0 Å². The summed E-state index contributed by atoms with van der Waals surface area (Å²) in [5, 5.41) is 0. The maximum atomic E-state index is 13.9. The van der Waals surface area contributed by atoms with E-state index in [4.69, 9.17) is 18.0 Å². The van der Waals surface area contributed by atoms with Crippen LogP contribution in [0.2, 0.25) is 0 Å². The molecule has 0 heterocycles. The van der Waals surface area contributed by atoms with Gasteiger partial charge in [-0.1, -0.05) is 36.5 Å². The topological polar surface area (TPSA) is 29.3 Å². The number of halogens is 1. The van der Waals surface area contributed by atoms with Crippen molar-refractivity contribution in [2.24, 2.45) is 5.73 Å². The molecule has 21 heavy (non-hydrogen) atoms. The Labute approximate surface area is 130 Å². The first-order valence-corrected chi connectivity index (χ1v) is 7.19. The van der Waals surface area contributed by atoms with Crippen LogP contribution in [0.3, 0.4) is 0 Å². The third-order valence-corrected chi connectivity index (χ3v) is 3.71. The summed E-state index contributed by atoms with van der Waals surface area (Å²) >= 11 is 4.94. The Bertz CT molecular complexity index is 655. The van der Waals surface area contributed by atoms with Crippen molar-refractivity contribution in [2.75, 3.05) is 7.05 Å². The van der Waals surface area contributed by atoms with E-state index in [2.05, 4.69) is 24.0 Å². The van der Waals surface area contributed by atoms with Crippen LogP contribution < -0.4 is 5.73 Å². The Kier molecular flexibility index (Phi) is 5.04. The predicted molar refractivity (Wildman–Crippen MR) is 88.6 cm³/mol. The van der Waals surface area contributed by atoms with Crippen LogP contribution in [0.1, 0.15) is 22.3 Å². The molecule has 0 atom stereocenters. The second-order valence-electron chi connectivity index (χ2n) is 5.27. The molecule has 0 saturated heterocycles. The quantitative estimate of drug-likeness (QED) is 0.858. The van der Waals surface area contributed by atoms with Gasteiger partial charge in [-0.25, -0.2) is 4.39 Å². The second kappa shape index (κ2) is 6.78. The number of hydrogen-bond donors (Lipinski definition) is 1. The molecule has 110 valence electrons. The molecule has 0 aromatic heterocycles. The summed E-state index contributed by atoms with van der Waals surface area (Å²) in [4.78, 5) is 2.36. The molecule has 4 heteroatoms. The van der Waals surface area contributed by atoms with Gasteiger partial charge in [0.2, 0.25) is 0 Å². The SMILES string of the molecule is Cc1ccccc1CN(C)Cc1cc(C(N)=S)ccc1F. The summed E-state index contributed by atoms with van der Waals surface area (Å²) in [5.41, 5.74) is 9.39. The summed E-state index contributed by atoms with van der Waals surface area (Å²) < 4.78 is 13.9. The van der Waals surface area contributed by atoms with E-state index in [1.54, 1.807) is 12.1 Å². The third kappa shape index (κ3) is 4.09. The molecule has 0 fully saturated rings. The fourth-order valence-corrected chi connectivity index (χ4v) is 2.40. The lowest BCUT2D eigenvalue weighted by Crippen LogP contribution is -2.19. The molecule has 0 bridgehead atoms. The Morgan fingerprint density at radius 1 is 1.14 bits per heavy atom. The lowest BCUT2D eigenvalue weighted by atomic mass is 10.1. The number of hydrogen-bond acceptors (Lipinski definition) is 2. The molecule has 2 rings (SSSR count). The van der Waals surface area contributed by atoms with Crippen LogP contribution in [0.4, 0.5) is 4.39 Å². The van der Waals surface area contributed by atoms with Crippen LogP contribution in [-0.4, -0.2) is 16.9 Å². The van der Waals surface area contributed by atoms with Crippen molar-refractivity contribution in [3.63, 3.8) is 0 Å².